The first kappa shape index (κ1) is 11.6. The minimum atomic E-state index is -0.0622. The average molecular weight is 247 g/mol. The molecule has 0 atom stereocenters. The predicted octanol–water partition coefficient (Wildman–Crippen LogP) is 2.21. The van der Waals surface area contributed by atoms with Gasteiger partial charge in [-0.25, -0.2) is 4.98 Å². The van der Waals surface area contributed by atoms with Gasteiger partial charge in [-0.3, -0.25) is 4.79 Å². The highest BCUT2D eigenvalue weighted by molar-refractivity contribution is 7.10. The molecule has 0 radical (unpaired) electrons. The summed E-state index contributed by atoms with van der Waals surface area (Å²) < 4.78 is 0. The van der Waals surface area contributed by atoms with Crippen molar-refractivity contribution in [3.8, 4) is 0 Å². The monoisotopic (exact) mass is 247 g/mol. The third-order valence-corrected chi connectivity index (χ3v) is 3.37. The van der Waals surface area contributed by atoms with Gasteiger partial charge >= 0.3 is 0 Å². The summed E-state index contributed by atoms with van der Waals surface area (Å²) in [5, 5.41) is 4.72. The van der Waals surface area contributed by atoms with Crippen molar-refractivity contribution in [1.29, 1.82) is 0 Å². The molecule has 3 N–H and O–H groups in total. The highest BCUT2D eigenvalue weighted by atomic mass is 32.1. The number of hydrogen-bond acceptors (Lipinski definition) is 4. The van der Waals surface area contributed by atoms with E-state index in [1.807, 2.05) is 18.4 Å². The van der Waals surface area contributed by atoms with Crippen molar-refractivity contribution in [2.24, 2.45) is 0 Å². The minimum Gasteiger partial charge on any atom is -0.397 e. The van der Waals surface area contributed by atoms with Crippen LogP contribution in [0.4, 0.5) is 11.5 Å². The molecule has 4 nitrogen and oxygen atoms in total. The maximum Gasteiger partial charge on any atom is 0.230 e. The number of rotatable bonds is 3. The number of aryl methyl sites for hydroxylation is 1. The van der Waals surface area contributed by atoms with E-state index in [0.717, 1.165) is 10.4 Å². The number of carbonyl (C=O) groups is 1. The summed E-state index contributed by atoms with van der Waals surface area (Å²) in [7, 11) is 0. The maximum atomic E-state index is 11.7. The third-order valence-electron chi connectivity index (χ3n) is 2.34. The van der Waals surface area contributed by atoms with Gasteiger partial charge in [-0.1, -0.05) is 0 Å². The highest BCUT2D eigenvalue weighted by Crippen LogP contribution is 2.16. The molecule has 0 spiro atoms. The molecule has 1 amide bonds. The summed E-state index contributed by atoms with van der Waals surface area (Å²) in [6, 6.07) is 5.41. The Hall–Kier alpha value is -1.88. The Balaban J connectivity index is 1.98. The quantitative estimate of drug-likeness (QED) is 0.873. The van der Waals surface area contributed by atoms with Crippen LogP contribution < -0.4 is 11.1 Å². The van der Waals surface area contributed by atoms with E-state index in [-0.39, 0.29) is 5.91 Å². The Kier molecular flexibility index (Phi) is 3.39. The molecule has 0 bridgehead atoms. The molecule has 0 fully saturated rings. The van der Waals surface area contributed by atoms with Crippen molar-refractivity contribution in [1.82, 2.24) is 4.98 Å². The molecule has 0 aliphatic heterocycles. The van der Waals surface area contributed by atoms with Gasteiger partial charge in [-0.05, 0) is 36.1 Å². The standard InChI is InChI=1S/C12H13N3OS/c1-8-4-5-17-10(8)6-12(16)15-11-3-2-9(13)7-14-11/h2-5,7H,6,13H2,1H3,(H,14,15,16). The van der Waals surface area contributed by atoms with Gasteiger partial charge in [0.05, 0.1) is 18.3 Å². The molecule has 2 heterocycles. The maximum absolute atomic E-state index is 11.7. The predicted molar refractivity (Wildman–Crippen MR) is 70.0 cm³/mol. The minimum absolute atomic E-state index is 0.0622. The first-order chi connectivity index (χ1) is 8.15. The number of hydrogen-bond donors (Lipinski definition) is 2. The van der Waals surface area contributed by atoms with E-state index in [4.69, 9.17) is 5.73 Å². The lowest BCUT2D eigenvalue weighted by Gasteiger charge is -2.04. The van der Waals surface area contributed by atoms with Crippen LogP contribution in [0.15, 0.2) is 29.8 Å². The summed E-state index contributed by atoms with van der Waals surface area (Å²) in [6.07, 6.45) is 1.90. The fraction of sp³-hybridized carbons (Fsp3) is 0.167. The lowest BCUT2D eigenvalue weighted by molar-refractivity contribution is -0.115. The summed E-state index contributed by atoms with van der Waals surface area (Å²) >= 11 is 1.59. The average Bonchev–Trinajstić information content (AvgIpc) is 2.68. The topological polar surface area (TPSA) is 68.0 Å². The molecule has 0 aliphatic rings. The number of amides is 1. The molecule has 5 heteroatoms. The molecule has 88 valence electrons. The number of anilines is 2. The van der Waals surface area contributed by atoms with Gasteiger partial charge in [0, 0.05) is 4.88 Å². The molecule has 0 unspecified atom stereocenters. The summed E-state index contributed by atoms with van der Waals surface area (Å²) in [5.41, 5.74) is 7.24. The lowest BCUT2D eigenvalue weighted by Crippen LogP contribution is -2.15. The molecular formula is C12H13N3OS. The van der Waals surface area contributed by atoms with E-state index < -0.39 is 0 Å². The molecular weight excluding hydrogens is 234 g/mol. The van der Waals surface area contributed by atoms with Crippen LogP contribution in [0.5, 0.6) is 0 Å². The van der Waals surface area contributed by atoms with Gasteiger partial charge in [-0.2, -0.15) is 0 Å². The van der Waals surface area contributed by atoms with E-state index in [1.165, 1.54) is 6.20 Å². The number of nitrogens with one attached hydrogen (secondary N) is 1. The summed E-state index contributed by atoms with van der Waals surface area (Å²) in [5.74, 6) is 0.464. The first-order valence-corrected chi connectivity index (χ1v) is 6.07. The highest BCUT2D eigenvalue weighted by Gasteiger charge is 2.07. The van der Waals surface area contributed by atoms with Crippen LogP contribution in [0.25, 0.3) is 0 Å². The van der Waals surface area contributed by atoms with Crippen LogP contribution in [0.2, 0.25) is 0 Å². The third kappa shape index (κ3) is 3.04. The molecule has 2 rings (SSSR count). The van der Waals surface area contributed by atoms with Crippen molar-refractivity contribution < 1.29 is 4.79 Å². The molecule has 2 aromatic heterocycles. The number of aromatic nitrogens is 1. The number of thiophene rings is 1. The largest absolute Gasteiger partial charge is 0.397 e. The second-order valence-electron chi connectivity index (χ2n) is 3.73. The van der Waals surface area contributed by atoms with Crippen molar-refractivity contribution in [2.45, 2.75) is 13.3 Å². The fourth-order valence-electron chi connectivity index (χ4n) is 1.40. The molecule has 0 aromatic carbocycles. The normalized spacial score (nSPS) is 10.2. The van der Waals surface area contributed by atoms with Crippen LogP contribution in [-0.4, -0.2) is 10.9 Å². The van der Waals surface area contributed by atoms with E-state index >= 15 is 0 Å². The van der Waals surface area contributed by atoms with E-state index in [1.54, 1.807) is 23.5 Å². The zero-order valence-corrected chi connectivity index (χ0v) is 10.3. The fourth-order valence-corrected chi connectivity index (χ4v) is 2.30. The zero-order chi connectivity index (χ0) is 12.3. The van der Waals surface area contributed by atoms with Crippen LogP contribution >= 0.6 is 11.3 Å². The number of nitrogens with zero attached hydrogens (tertiary/aromatic N) is 1. The molecule has 0 saturated carbocycles. The number of carbonyl (C=O) groups excluding carboxylic acids is 1. The smallest absolute Gasteiger partial charge is 0.230 e. The lowest BCUT2D eigenvalue weighted by atomic mass is 10.2. The summed E-state index contributed by atoms with van der Waals surface area (Å²) in [6.45, 7) is 2.00. The Labute approximate surface area is 103 Å². The molecule has 2 aromatic rings. The SMILES string of the molecule is Cc1ccsc1CC(=O)Nc1ccc(N)cn1. The van der Waals surface area contributed by atoms with E-state index in [9.17, 15) is 4.79 Å². The van der Waals surface area contributed by atoms with Crippen LogP contribution in [0.1, 0.15) is 10.4 Å². The molecule has 0 aliphatic carbocycles. The second-order valence-corrected chi connectivity index (χ2v) is 4.73. The van der Waals surface area contributed by atoms with Gasteiger partial charge in [0.2, 0.25) is 5.91 Å². The summed E-state index contributed by atoms with van der Waals surface area (Å²) in [4.78, 5) is 16.8. The van der Waals surface area contributed by atoms with E-state index in [0.29, 0.717) is 17.9 Å². The van der Waals surface area contributed by atoms with Crippen LogP contribution in [0, 0.1) is 6.92 Å². The second kappa shape index (κ2) is 4.97. The van der Waals surface area contributed by atoms with Gasteiger partial charge < -0.3 is 11.1 Å². The Morgan fingerprint density at radius 1 is 1.47 bits per heavy atom. The first-order valence-electron chi connectivity index (χ1n) is 5.19. The van der Waals surface area contributed by atoms with E-state index in [2.05, 4.69) is 10.3 Å². The van der Waals surface area contributed by atoms with Crippen molar-refractivity contribution >= 4 is 28.7 Å². The Bertz CT molecular complexity index is 519. The van der Waals surface area contributed by atoms with Gasteiger partial charge in [0.1, 0.15) is 5.82 Å². The van der Waals surface area contributed by atoms with Gasteiger partial charge in [0.15, 0.2) is 0 Å². The number of nitrogens with two attached hydrogens (primary N) is 1. The molecule has 0 saturated heterocycles. The number of nitrogen functional groups attached to an aromatic ring is 1. The molecule has 17 heavy (non-hydrogen) atoms. The van der Waals surface area contributed by atoms with Gasteiger partial charge in [0.25, 0.3) is 0 Å². The van der Waals surface area contributed by atoms with Crippen LogP contribution in [-0.2, 0) is 11.2 Å². The van der Waals surface area contributed by atoms with Crippen molar-refractivity contribution in [3.63, 3.8) is 0 Å². The Morgan fingerprint density at radius 3 is 2.88 bits per heavy atom. The number of pyridine rings is 1. The van der Waals surface area contributed by atoms with Crippen molar-refractivity contribution in [3.05, 3.63) is 40.2 Å². The Morgan fingerprint density at radius 2 is 2.29 bits per heavy atom. The van der Waals surface area contributed by atoms with Crippen molar-refractivity contribution in [2.75, 3.05) is 11.1 Å². The zero-order valence-electron chi connectivity index (χ0n) is 9.43. The van der Waals surface area contributed by atoms with Crippen LogP contribution in [0.3, 0.4) is 0 Å². The van der Waals surface area contributed by atoms with Gasteiger partial charge in [-0.15, -0.1) is 11.3 Å².